The van der Waals surface area contributed by atoms with E-state index in [2.05, 4.69) is 15.3 Å². The first-order valence-corrected chi connectivity index (χ1v) is 8.07. The average Bonchev–Trinajstić information content (AvgIpc) is 3.15. The molecule has 2 heterocycles. The van der Waals surface area contributed by atoms with Gasteiger partial charge in [0.25, 0.3) is 0 Å². The van der Waals surface area contributed by atoms with Crippen molar-refractivity contribution in [1.82, 2.24) is 19.8 Å². The molecule has 0 aliphatic heterocycles. The van der Waals surface area contributed by atoms with Crippen molar-refractivity contribution in [2.75, 3.05) is 7.11 Å². The van der Waals surface area contributed by atoms with E-state index in [1.807, 2.05) is 48.5 Å². The quantitative estimate of drug-likeness (QED) is 0.560. The fraction of sp³-hybridized carbons (Fsp3) is 0.0625. The van der Waals surface area contributed by atoms with Crippen molar-refractivity contribution in [2.45, 2.75) is 0 Å². The molecule has 0 atom stereocenters. The molecule has 0 amide bonds. The molecule has 0 aliphatic rings. The van der Waals surface area contributed by atoms with Gasteiger partial charge >= 0.3 is 0 Å². The minimum Gasteiger partial charge on any atom is -0.497 e. The van der Waals surface area contributed by atoms with Gasteiger partial charge in [0.2, 0.25) is 4.96 Å². The molecular formula is C16H11ClN4OS. The van der Waals surface area contributed by atoms with Gasteiger partial charge in [0, 0.05) is 11.1 Å². The zero-order valence-corrected chi connectivity index (χ0v) is 13.7. The maximum atomic E-state index is 6.25. The zero-order chi connectivity index (χ0) is 15.8. The SMILES string of the molecule is COc1cccc(-c2nnc3sc(-c4ccccc4Cl)nn23)c1. The third-order valence-corrected chi connectivity index (χ3v) is 4.68. The molecule has 5 nitrogen and oxygen atoms in total. The molecule has 2 aromatic carbocycles. The molecule has 0 saturated heterocycles. The van der Waals surface area contributed by atoms with Crippen molar-refractivity contribution < 1.29 is 4.74 Å². The van der Waals surface area contributed by atoms with Gasteiger partial charge in [-0.15, -0.1) is 10.2 Å². The Hall–Kier alpha value is -2.44. The molecule has 4 aromatic rings. The van der Waals surface area contributed by atoms with E-state index in [1.54, 1.807) is 11.6 Å². The smallest absolute Gasteiger partial charge is 0.235 e. The molecule has 23 heavy (non-hydrogen) atoms. The third kappa shape index (κ3) is 2.46. The molecule has 0 unspecified atom stereocenters. The van der Waals surface area contributed by atoms with Gasteiger partial charge in [-0.3, -0.25) is 0 Å². The Morgan fingerprint density at radius 1 is 1.09 bits per heavy atom. The maximum Gasteiger partial charge on any atom is 0.235 e. The van der Waals surface area contributed by atoms with Gasteiger partial charge in [0.15, 0.2) is 5.82 Å². The number of rotatable bonds is 3. The number of nitrogens with zero attached hydrogens (tertiary/aromatic N) is 4. The van der Waals surface area contributed by atoms with Crippen LogP contribution in [0.2, 0.25) is 5.02 Å². The number of aromatic nitrogens is 4. The lowest BCUT2D eigenvalue weighted by atomic mass is 10.2. The van der Waals surface area contributed by atoms with Crippen molar-refractivity contribution in [3.8, 4) is 27.7 Å². The summed E-state index contributed by atoms with van der Waals surface area (Å²) in [5.74, 6) is 1.44. The summed E-state index contributed by atoms with van der Waals surface area (Å²) in [4.78, 5) is 0.720. The number of methoxy groups -OCH3 is 1. The van der Waals surface area contributed by atoms with Crippen LogP contribution in [0.15, 0.2) is 48.5 Å². The maximum absolute atomic E-state index is 6.25. The first kappa shape index (κ1) is 14.2. The second kappa shape index (κ2) is 5.64. The van der Waals surface area contributed by atoms with Crippen LogP contribution >= 0.6 is 22.9 Å². The van der Waals surface area contributed by atoms with E-state index in [4.69, 9.17) is 16.3 Å². The minimum absolute atomic E-state index is 0.667. The number of hydrogen-bond acceptors (Lipinski definition) is 5. The average molecular weight is 343 g/mol. The number of fused-ring (bicyclic) bond motifs is 1. The van der Waals surface area contributed by atoms with E-state index in [0.29, 0.717) is 10.8 Å². The van der Waals surface area contributed by atoms with E-state index < -0.39 is 0 Å². The van der Waals surface area contributed by atoms with E-state index in [-0.39, 0.29) is 0 Å². The number of halogens is 1. The number of benzene rings is 2. The monoisotopic (exact) mass is 342 g/mol. The summed E-state index contributed by atoms with van der Waals surface area (Å²) in [6.07, 6.45) is 0. The Kier molecular flexibility index (Phi) is 3.48. The van der Waals surface area contributed by atoms with Crippen LogP contribution in [-0.4, -0.2) is 26.9 Å². The Morgan fingerprint density at radius 2 is 1.96 bits per heavy atom. The summed E-state index contributed by atoms with van der Waals surface area (Å²) in [5.41, 5.74) is 1.79. The van der Waals surface area contributed by atoms with Crippen LogP contribution in [0.1, 0.15) is 0 Å². The number of ether oxygens (including phenoxy) is 1. The van der Waals surface area contributed by atoms with Crippen LogP contribution in [0.3, 0.4) is 0 Å². The summed E-state index contributed by atoms with van der Waals surface area (Å²) in [5, 5.41) is 14.5. The Bertz CT molecular complexity index is 995. The molecule has 0 fully saturated rings. The van der Waals surface area contributed by atoms with Gasteiger partial charge in [-0.05, 0) is 18.2 Å². The molecule has 0 aliphatic carbocycles. The van der Waals surface area contributed by atoms with Crippen molar-refractivity contribution in [3.05, 3.63) is 53.6 Å². The second-order valence-electron chi connectivity index (χ2n) is 4.84. The standard InChI is InChI=1S/C16H11ClN4OS/c1-22-11-6-4-5-10(9-11)14-18-19-16-21(14)20-15(23-16)12-7-2-3-8-13(12)17/h2-9H,1H3. The highest BCUT2D eigenvalue weighted by Crippen LogP contribution is 2.32. The summed E-state index contributed by atoms with van der Waals surface area (Å²) < 4.78 is 7.00. The Morgan fingerprint density at radius 3 is 2.78 bits per heavy atom. The molecule has 7 heteroatoms. The van der Waals surface area contributed by atoms with Crippen LogP contribution < -0.4 is 4.74 Å². The van der Waals surface area contributed by atoms with E-state index in [0.717, 1.165) is 26.8 Å². The van der Waals surface area contributed by atoms with Gasteiger partial charge in [-0.1, -0.05) is 53.3 Å². The lowest BCUT2D eigenvalue weighted by Gasteiger charge is -2.01. The van der Waals surface area contributed by atoms with Crippen molar-refractivity contribution in [2.24, 2.45) is 0 Å². The second-order valence-corrected chi connectivity index (χ2v) is 6.20. The van der Waals surface area contributed by atoms with Gasteiger partial charge in [-0.25, -0.2) is 0 Å². The van der Waals surface area contributed by atoms with Crippen LogP contribution in [0.5, 0.6) is 5.75 Å². The van der Waals surface area contributed by atoms with Gasteiger partial charge < -0.3 is 4.74 Å². The summed E-state index contributed by atoms with van der Waals surface area (Å²) in [6, 6.07) is 15.3. The van der Waals surface area contributed by atoms with Crippen LogP contribution in [0.25, 0.3) is 26.9 Å². The first-order chi connectivity index (χ1) is 11.3. The molecule has 0 bridgehead atoms. The number of hydrogen-bond donors (Lipinski definition) is 0. The molecule has 0 N–H and O–H groups in total. The van der Waals surface area contributed by atoms with E-state index in [9.17, 15) is 0 Å². The first-order valence-electron chi connectivity index (χ1n) is 6.88. The Labute approximate surface area is 141 Å². The van der Waals surface area contributed by atoms with E-state index >= 15 is 0 Å². The van der Waals surface area contributed by atoms with Gasteiger partial charge in [0.05, 0.1) is 12.1 Å². The third-order valence-electron chi connectivity index (χ3n) is 3.42. The zero-order valence-electron chi connectivity index (χ0n) is 12.1. The van der Waals surface area contributed by atoms with Crippen molar-refractivity contribution in [1.29, 1.82) is 0 Å². The summed E-state index contributed by atoms with van der Waals surface area (Å²) in [7, 11) is 1.64. The van der Waals surface area contributed by atoms with Crippen LogP contribution in [-0.2, 0) is 0 Å². The largest absolute Gasteiger partial charge is 0.497 e. The molecule has 114 valence electrons. The predicted octanol–water partition coefficient (Wildman–Crippen LogP) is 4.18. The molecule has 0 radical (unpaired) electrons. The molecule has 2 aromatic heterocycles. The topological polar surface area (TPSA) is 52.3 Å². The fourth-order valence-corrected chi connectivity index (χ4v) is 3.46. The van der Waals surface area contributed by atoms with Crippen molar-refractivity contribution in [3.63, 3.8) is 0 Å². The van der Waals surface area contributed by atoms with Crippen LogP contribution in [0, 0.1) is 0 Å². The highest BCUT2D eigenvalue weighted by Gasteiger charge is 2.16. The fourth-order valence-electron chi connectivity index (χ4n) is 2.30. The molecular weight excluding hydrogens is 332 g/mol. The van der Waals surface area contributed by atoms with E-state index in [1.165, 1.54) is 11.3 Å². The lowest BCUT2D eigenvalue weighted by molar-refractivity contribution is 0.415. The highest BCUT2D eigenvalue weighted by atomic mass is 35.5. The lowest BCUT2D eigenvalue weighted by Crippen LogP contribution is -1.92. The predicted molar refractivity (Wildman–Crippen MR) is 91.1 cm³/mol. The summed E-state index contributed by atoms with van der Waals surface area (Å²) >= 11 is 7.71. The normalized spacial score (nSPS) is 11.0. The van der Waals surface area contributed by atoms with Crippen LogP contribution in [0.4, 0.5) is 0 Å². The Balaban J connectivity index is 1.85. The molecule has 0 spiro atoms. The van der Waals surface area contributed by atoms with Crippen molar-refractivity contribution >= 4 is 27.9 Å². The highest BCUT2D eigenvalue weighted by molar-refractivity contribution is 7.19. The molecule has 0 saturated carbocycles. The minimum atomic E-state index is 0.667. The van der Waals surface area contributed by atoms with Gasteiger partial charge in [0.1, 0.15) is 10.8 Å². The summed E-state index contributed by atoms with van der Waals surface area (Å²) in [6.45, 7) is 0. The molecule has 4 rings (SSSR count). The van der Waals surface area contributed by atoms with Gasteiger partial charge in [-0.2, -0.15) is 9.61 Å².